The molecule has 1 heterocycles. The predicted molar refractivity (Wildman–Crippen MR) is 102 cm³/mol. The average molecular weight is 389 g/mol. The first kappa shape index (κ1) is 20.7. The third-order valence-electron chi connectivity index (χ3n) is 4.59. The van der Waals surface area contributed by atoms with E-state index >= 15 is 0 Å². The zero-order chi connectivity index (χ0) is 20.4. The van der Waals surface area contributed by atoms with Crippen LogP contribution in [-0.2, 0) is 22.8 Å². The van der Waals surface area contributed by atoms with E-state index in [2.05, 4.69) is 12.0 Å². The van der Waals surface area contributed by atoms with E-state index in [1.165, 1.54) is 18.0 Å². The lowest BCUT2D eigenvalue weighted by molar-refractivity contribution is -0.150. The molecule has 27 heavy (non-hydrogen) atoms. The summed E-state index contributed by atoms with van der Waals surface area (Å²) in [7, 11) is 0. The van der Waals surface area contributed by atoms with E-state index < -0.39 is 24.3 Å². The number of esters is 1. The summed E-state index contributed by atoms with van der Waals surface area (Å²) in [6, 6.07) is 2.16. The third kappa shape index (κ3) is 4.40. The molecule has 0 radical (unpaired) electrons. The molecule has 0 bridgehead atoms. The second-order valence-corrected chi connectivity index (χ2v) is 8.87. The molecule has 0 aromatic carbocycles. The Bertz CT molecular complexity index is 896. The highest BCUT2D eigenvalue weighted by Crippen LogP contribution is 2.60. The molecule has 144 valence electrons. The Hall–Kier alpha value is -2.58. The largest absolute Gasteiger partial charge is 0.493 e. The van der Waals surface area contributed by atoms with Gasteiger partial charge in [0.1, 0.15) is 6.07 Å². The van der Waals surface area contributed by atoms with Crippen molar-refractivity contribution in [1.82, 2.24) is 9.13 Å². The first-order chi connectivity index (χ1) is 12.6. The number of hydrogen-bond donors (Lipinski definition) is 1. The van der Waals surface area contributed by atoms with Crippen molar-refractivity contribution in [3.63, 3.8) is 0 Å². The summed E-state index contributed by atoms with van der Waals surface area (Å²) in [5.41, 5.74) is -0.885. The Labute approximate surface area is 162 Å². The van der Waals surface area contributed by atoms with Crippen LogP contribution in [0.5, 0.6) is 5.88 Å². The monoisotopic (exact) mass is 389 g/mol. The number of rotatable bonds is 7. The fraction of sp³-hybridized carbons (Fsp3) is 0.526. The fourth-order valence-electron chi connectivity index (χ4n) is 3.03. The molecule has 1 fully saturated rings. The summed E-state index contributed by atoms with van der Waals surface area (Å²) >= 11 is 1.45. The van der Waals surface area contributed by atoms with Crippen LogP contribution in [0.2, 0.25) is 0 Å². The molecule has 1 aromatic heterocycles. The summed E-state index contributed by atoms with van der Waals surface area (Å²) in [6.45, 7) is 7.48. The molecule has 2 rings (SSSR count). The Kier molecular flexibility index (Phi) is 6.12. The van der Waals surface area contributed by atoms with E-state index in [1.807, 2.05) is 33.8 Å². The third-order valence-corrected chi connectivity index (χ3v) is 5.54. The smallest absolute Gasteiger partial charge is 0.334 e. The molecule has 0 saturated heterocycles. The first-order valence-corrected chi connectivity index (χ1v) is 9.39. The summed E-state index contributed by atoms with van der Waals surface area (Å²) < 4.78 is 7.33. The number of ether oxygens (including phenoxy) is 1. The lowest BCUT2D eigenvalue weighted by Gasteiger charge is -2.06. The van der Waals surface area contributed by atoms with Gasteiger partial charge >= 0.3 is 11.7 Å². The number of aromatic hydroxyl groups is 1. The standard InChI is InChI=1S/C19H23N3O4S/c1-6-7-21-10-15(23)22(18(21)25)11-26-17(24)16-14(19(16,4)5)8-13(9-20)27-12(2)3/h1,8,10,12,14,16,23H,7,11H2,2-5H3/t14-,16+/m1/s1. The van der Waals surface area contributed by atoms with Gasteiger partial charge in [-0.1, -0.05) is 39.7 Å². The lowest BCUT2D eigenvalue weighted by atomic mass is 10.1. The number of imidazole rings is 1. The number of aromatic nitrogens is 2. The SMILES string of the molecule is C#CCn1cc(O)n(COC(=O)[C@@H]2[C@@H](C=C(C#N)SC(C)C)C2(C)C)c1=O. The first-order valence-electron chi connectivity index (χ1n) is 8.51. The number of terminal acetylenes is 1. The highest BCUT2D eigenvalue weighted by atomic mass is 32.2. The molecule has 0 aliphatic heterocycles. The van der Waals surface area contributed by atoms with E-state index in [1.54, 1.807) is 0 Å². The molecular formula is C19H23N3O4S. The summed E-state index contributed by atoms with van der Waals surface area (Å²) in [4.78, 5) is 25.1. The van der Waals surface area contributed by atoms with Crippen LogP contribution in [0.15, 0.2) is 22.0 Å². The normalized spacial score (nSPS) is 20.8. The summed E-state index contributed by atoms with van der Waals surface area (Å²) in [5.74, 6) is 1.00. The topological polar surface area (TPSA) is 97.2 Å². The average Bonchev–Trinajstić information content (AvgIpc) is 3.01. The van der Waals surface area contributed by atoms with E-state index in [-0.39, 0.29) is 29.0 Å². The van der Waals surface area contributed by atoms with Crippen molar-refractivity contribution in [1.29, 1.82) is 5.26 Å². The number of nitriles is 1. The Balaban J connectivity index is 2.07. The number of hydrogen-bond acceptors (Lipinski definition) is 6. The van der Waals surface area contributed by atoms with Gasteiger partial charge in [0, 0.05) is 5.25 Å². The van der Waals surface area contributed by atoms with Gasteiger partial charge in [-0.2, -0.15) is 5.26 Å². The highest BCUT2D eigenvalue weighted by Gasteiger charge is 2.61. The van der Waals surface area contributed by atoms with Crippen molar-refractivity contribution in [2.75, 3.05) is 0 Å². The number of allylic oxidation sites excluding steroid dienone is 2. The van der Waals surface area contributed by atoms with Crippen molar-refractivity contribution < 1.29 is 14.6 Å². The Morgan fingerprint density at radius 2 is 2.22 bits per heavy atom. The molecule has 2 atom stereocenters. The zero-order valence-corrected chi connectivity index (χ0v) is 16.6. The minimum absolute atomic E-state index is 0.0142. The minimum Gasteiger partial charge on any atom is -0.493 e. The van der Waals surface area contributed by atoms with Crippen LogP contribution < -0.4 is 5.69 Å². The second kappa shape index (κ2) is 7.98. The maximum atomic E-state index is 12.5. The molecule has 0 unspecified atom stereocenters. The molecule has 1 aliphatic carbocycles. The second-order valence-electron chi connectivity index (χ2n) is 7.26. The van der Waals surface area contributed by atoms with Gasteiger partial charge < -0.3 is 9.84 Å². The van der Waals surface area contributed by atoms with Crippen molar-refractivity contribution in [2.45, 2.75) is 46.2 Å². The minimum atomic E-state index is -0.551. The lowest BCUT2D eigenvalue weighted by Crippen LogP contribution is -2.26. The Morgan fingerprint density at radius 3 is 2.78 bits per heavy atom. The summed E-state index contributed by atoms with van der Waals surface area (Å²) in [5, 5.41) is 19.4. The van der Waals surface area contributed by atoms with Gasteiger partial charge in [-0.15, -0.1) is 18.2 Å². The molecule has 1 aliphatic rings. The van der Waals surface area contributed by atoms with Crippen LogP contribution in [-0.4, -0.2) is 25.5 Å². The van der Waals surface area contributed by atoms with Gasteiger partial charge in [-0.05, 0) is 11.3 Å². The maximum absolute atomic E-state index is 12.5. The van der Waals surface area contributed by atoms with E-state index in [0.717, 1.165) is 9.13 Å². The van der Waals surface area contributed by atoms with E-state index in [9.17, 15) is 20.0 Å². The predicted octanol–water partition coefficient (Wildman–Crippen LogP) is 2.31. The fourth-order valence-corrected chi connectivity index (χ4v) is 3.81. The van der Waals surface area contributed by atoms with Gasteiger partial charge in [0.05, 0.1) is 23.6 Å². The Morgan fingerprint density at radius 1 is 1.56 bits per heavy atom. The molecule has 8 heteroatoms. The van der Waals surface area contributed by atoms with Gasteiger partial charge in [-0.25, -0.2) is 9.36 Å². The van der Waals surface area contributed by atoms with E-state index in [4.69, 9.17) is 11.2 Å². The molecule has 1 aromatic rings. The number of nitrogens with zero attached hydrogens (tertiary/aromatic N) is 3. The zero-order valence-electron chi connectivity index (χ0n) is 15.8. The van der Waals surface area contributed by atoms with Crippen LogP contribution >= 0.6 is 11.8 Å². The van der Waals surface area contributed by atoms with Crippen molar-refractivity contribution >= 4 is 17.7 Å². The van der Waals surface area contributed by atoms with E-state index in [0.29, 0.717) is 4.91 Å². The van der Waals surface area contributed by atoms with Gasteiger partial charge in [0.2, 0.25) is 5.88 Å². The molecule has 1 N–H and O–H groups in total. The molecule has 7 nitrogen and oxygen atoms in total. The maximum Gasteiger partial charge on any atom is 0.334 e. The molecule has 0 amide bonds. The number of thioether (sulfide) groups is 1. The van der Waals surface area contributed by atoms with Crippen LogP contribution in [0.4, 0.5) is 0 Å². The summed E-state index contributed by atoms with van der Waals surface area (Å²) in [6.07, 6.45) is 8.19. The van der Waals surface area contributed by atoms with Crippen LogP contribution in [0.25, 0.3) is 0 Å². The van der Waals surface area contributed by atoms with Gasteiger partial charge in [0.25, 0.3) is 0 Å². The van der Waals surface area contributed by atoms with Crippen molar-refractivity contribution in [3.8, 4) is 24.3 Å². The van der Waals surface area contributed by atoms with Crippen LogP contribution in [0.1, 0.15) is 27.7 Å². The quantitative estimate of drug-likeness (QED) is 0.437. The van der Waals surface area contributed by atoms with Gasteiger partial charge in [-0.3, -0.25) is 9.36 Å². The van der Waals surface area contributed by atoms with Gasteiger partial charge in [0.15, 0.2) is 6.73 Å². The van der Waals surface area contributed by atoms with Crippen molar-refractivity contribution in [3.05, 3.63) is 27.7 Å². The van der Waals surface area contributed by atoms with Crippen molar-refractivity contribution in [2.24, 2.45) is 17.3 Å². The molecule has 1 saturated carbocycles. The number of carbonyl (C=O) groups is 1. The molecular weight excluding hydrogens is 366 g/mol. The van der Waals surface area contributed by atoms with Crippen LogP contribution in [0.3, 0.4) is 0 Å². The molecule has 0 spiro atoms. The van der Waals surface area contributed by atoms with Crippen LogP contribution in [0, 0.1) is 40.9 Å². The number of carbonyl (C=O) groups excluding carboxylic acids is 1. The highest BCUT2D eigenvalue weighted by molar-refractivity contribution is 8.03.